The molecule has 0 amide bonds. The van der Waals surface area contributed by atoms with E-state index in [9.17, 15) is 0 Å². The summed E-state index contributed by atoms with van der Waals surface area (Å²) in [6, 6.07) is 6.05. The van der Waals surface area contributed by atoms with Crippen LogP contribution in [0.25, 0.3) is 0 Å². The fraction of sp³-hybridized carbons (Fsp3) is 0.600. The second-order valence-electron chi connectivity index (χ2n) is 4.61. The van der Waals surface area contributed by atoms with Crippen molar-refractivity contribution in [3.8, 4) is 11.5 Å². The van der Waals surface area contributed by atoms with Gasteiger partial charge in [-0.2, -0.15) is 0 Å². The fourth-order valence-corrected chi connectivity index (χ4v) is 1.72. The fourth-order valence-electron chi connectivity index (χ4n) is 1.72. The molecule has 0 fully saturated rings. The summed E-state index contributed by atoms with van der Waals surface area (Å²) < 4.78 is 11.6. The number of ether oxygens (including phenoxy) is 2. The van der Waals surface area contributed by atoms with Crippen LogP contribution in [-0.4, -0.2) is 45.3 Å². The van der Waals surface area contributed by atoms with Crippen LogP contribution in [-0.2, 0) is 6.54 Å². The predicted molar refractivity (Wildman–Crippen MR) is 79.0 cm³/mol. The smallest absolute Gasteiger partial charge is 0.165 e. The Kier molecular flexibility index (Phi) is 7.30. The van der Waals surface area contributed by atoms with Crippen molar-refractivity contribution < 1.29 is 9.47 Å². The zero-order chi connectivity index (χ0) is 14.1. The van der Waals surface area contributed by atoms with Crippen molar-refractivity contribution >= 4 is 0 Å². The molecule has 0 aliphatic rings. The predicted octanol–water partition coefficient (Wildman–Crippen LogP) is 2.14. The lowest BCUT2D eigenvalue weighted by Crippen LogP contribution is -2.20. The highest BCUT2D eigenvalue weighted by Gasteiger charge is 2.10. The summed E-state index contributed by atoms with van der Waals surface area (Å²) >= 11 is 0. The average Bonchev–Trinajstić information content (AvgIpc) is 2.38. The lowest BCUT2D eigenvalue weighted by molar-refractivity contribution is 0.241. The van der Waals surface area contributed by atoms with E-state index < -0.39 is 0 Å². The van der Waals surface area contributed by atoms with Crippen LogP contribution in [0.5, 0.6) is 11.5 Å². The summed E-state index contributed by atoms with van der Waals surface area (Å²) in [5.41, 5.74) is 1.14. The van der Waals surface area contributed by atoms with E-state index in [1.54, 1.807) is 0 Å². The Morgan fingerprint density at radius 2 is 1.95 bits per heavy atom. The highest BCUT2D eigenvalue weighted by Crippen LogP contribution is 2.31. The quantitative estimate of drug-likeness (QED) is 0.742. The van der Waals surface area contributed by atoms with Crippen LogP contribution < -0.4 is 14.8 Å². The van der Waals surface area contributed by atoms with Gasteiger partial charge in [-0.05, 0) is 33.6 Å². The van der Waals surface area contributed by atoms with E-state index in [2.05, 4.69) is 23.2 Å². The van der Waals surface area contributed by atoms with E-state index in [-0.39, 0.29) is 0 Å². The number of hydrogen-bond acceptors (Lipinski definition) is 4. The van der Waals surface area contributed by atoms with Gasteiger partial charge in [0.15, 0.2) is 11.5 Å². The maximum absolute atomic E-state index is 5.92. The van der Waals surface area contributed by atoms with E-state index in [4.69, 9.17) is 9.47 Å². The molecule has 0 aliphatic carbocycles. The van der Waals surface area contributed by atoms with Crippen molar-refractivity contribution in [2.45, 2.75) is 20.4 Å². The lowest BCUT2D eigenvalue weighted by Gasteiger charge is -2.17. The Morgan fingerprint density at radius 3 is 2.58 bits per heavy atom. The van der Waals surface area contributed by atoms with Crippen LogP contribution in [0.3, 0.4) is 0 Å². The average molecular weight is 266 g/mol. The number of hydrogen-bond donors (Lipinski definition) is 1. The van der Waals surface area contributed by atoms with E-state index in [0.717, 1.165) is 36.7 Å². The highest BCUT2D eigenvalue weighted by atomic mass is 16.5. The number of benzene rings is 1. The summed E-state index contributed by atoms with van der Waals surface area (Å²) in [4.78, 5) is 2.10. The number of rotatable bonds is 9. The van der Waals surface area contributed by atoms with Crippen LogP contribution in [0.4, 0.5) is 0 Å². The van der Waals surface area contributed by atoms with Gasteiger partial charge in [-0.25, -0.2) is 0 Å². The van der Waals surface area contributed by atoms with E-state index in [1.165, 1.54) is 0 Å². The minimum atomic E-state index is 0.648. The standard InChI is InChI=1S/C15H26N2O2/c1-5-16-12-13-8-7-9-14(18-6-2)15(13)19-11-10-17(3)4/h7-9,16H,5-6,10-12H2,1-4H3. The maximum Gasteiger partial charge on any atom is 0.165 e. The third kappa shape index (κ3) is 5.49. The molecule has 0 aliphatic heterocycles. The molecule has 0 atom stereocenters. The lowest BCUT2D eigenvalue weighted by atomic mass is 10.2. The van der Waals surface area contributed by atoms with Gasteiger partial charge in [-0.1, -0.05) is 19.1 Å². The van der Waals surface area contributed by atoms with Gasteiger partial charge >= 0.3 is 0 Å². The molecule has 0 saturated carbocycles. The van der Waals surface area contributed by atoms with Crippen molar-refractivity contribution in [3.05, 3.63) is 23.8 Å². The molecular formula is C15H26N2O2. The topological polar surface area (TPSA) is 33.7 Å². The first-order valence-corrected chi connectivity index (χ1v) is 6.92. The second-order valence-corrected chi connectivity index (χ2v) is 4.61. The maximum atomic E-state index is 5.92. The Bertz CT molecular complexity index is 367. The van der Waals surface area contributed by atoms with Crippen LogP contribution >= 0.6 is 0 Å². The SMILES string of the molecule is CCNCc1cccc(OCC)c1OCCN(C)C. The van der Waals surface area contributed by atoms with Gasteiger partial charge in [-0.3, -0.25) is 0 Å². The minimum absolute atomic E-state index is 0.648. The van der Waals surface area contributed by atoms with Crippen molar-refractivity contribution in [2.24, 2.45) is 0 Å². The van der Waals surface area contributed by atoms with E-state index in [0.29, 0.717) is 13.2 Å². The molecule has 1 N–H and O–H groups in total. The number of nitrogens with one attached hydrogen (secondary N) is 1. The summed E-state index contributed by atoms with van der Waals surface area (Å²) in [5.74, 6) is 1.70. The summed E-state index contributed by atoms with van der Waals surface area (Å²) in [5, 5.41) is 3.33. The third-order valence-corrected chi connectivity index (χ3v) is 2.71. The first kappa shape index (κ1) is 15.8. The third-order valence-electron chi connectivity index (χ3n) is 2.71. The molecule has 0 saturated heterocycles. The van der Waals surface area contributed by atoms with Crippen molar-refractivity contribution in [3.63, 3.8) is 0 Å². The Morgan fingerprint density at radius 1 is 1.16 bits per heavy atom. The Labute approximate surface area is 116 Å². The molecule has 1 aromatic rings. The Hall–Kier alpha value is -1.26. The monoisotopic (exact) mass is 266 g/mol. The minimum Gasteiger partial charge on any atom is -0.490 e. The van der Waals surface area contributed by atoms with Crippen LogP contribution in [0, 0.1) is 0 Å². The molecule has 0 radical (unpaired) electrons. The van der Waals surface area contributed by atoms with E-state index in [1.807, 2.05) is 33.2 Å². The molecule has 0 aromatic heterocycles. The zero-order valence-corrected chi connectivity index (χ0v) is 12.5. The van der Waals surface area contributed by atoms with Gasteiger partial charge < -0.3 is 19.7 Å². The molecule has 1 rings (SSSR count). The highest BCUT2D eigenvalue weighted by molar-refractivity contribution is 5.46. The Balaban J connectivity index is 2.80. The first-order chi connectivity index (χ1) is 9.19. The van der Waals surface area contributed by atoms with Crippen molar-refractivity contribution in [2.75, 3.05) is 40.4 Å². The molecule has 1 aromatic carbocycles. The van der Waals surface area contributed by atoms with Gasteiger partial charge in [0.05, 0.1) is 6.61 Å². The molecule has 4 nitrogen and oxygen atoms in total. The van der Waals surface area contributed by atoms with Crippen molar-refractivity contribution in [1.29, 1.82) is 0 Å². The molecule has 0 unspecified atom stereocenters. The summed E-state index contributed by atoms with van der Waals surface area (Å²) in [7, 11) is 4.08. The molecule has 0 bridgehead atoms. The molecule has 19 heavy (non-hydrogen) atoms. The van der Waals surface area contributed by atoms with Gasteiger partial charge in [0.1, 0.15) is 6.61 Å². The van der Waals surface area contributed by atoms with Crippen molar-refractivity contribution in [1.82, 2.24) is 10.2 Å². The zero-order valence-electron chi connectivity index (χ0n) is 12.5. The van der Waals surface area contributed by atoms with Gasteiger partial charge in [-0.15, -0.1) is 0 Å². The molecule has 108 valence electrons. The van der Waals surface area contributed by atoms with Gasteiger partial charge in [0.25, 0.3) is 0 Å². The largest absolute Gasteiger partial charge is 0.490 e. The summed E-state index contributed by atoms with van der Waals surface area (Å²) in [6.07, 6.45) is 0. The van der Waals surface area contributed by atoms with Crippen LogP contribution in [0.15, 0.2) is 18.2 Å². The first-order valence-electron chi connectivity index (χ1n) is 6.92. The molecule has 0 spiro atoms. The second kappa shape index (κ2) is 8.77. The van der Waals surface area contributed by atoms with Crippen LogP contribution in [0.2, 0.25) is 0 Å². The van der Waals surface area contributed by atoms with Gasteiger partial charge in [0.2, 0.25) is 0 Å². The number of likely N-dealkylation sites (N-methyl/N-ethyl adjacent to an activating group) is 1. The summed E-state index contributed by atoms with van der Waals surface area (Å²) in [6.45, 7) is 8.02. The number of para-hydroxylation sites is 1. The van der Waals surface area contributed by atoms with Crippen LogP contribution in [0.1, 0.15) is 19.4 Å². The molecule has 4 heteroatoms. The van der Waals surface area contributed by atoms with E-state index >= 15 is 0 Å². The normalized spacial score (nSPS) is 10.8. The molecular weight excluding hydrogens is 240 g/mol. The number of nitrogens with zero attached hydrogens (tertiary/aromatic N) is 1. The molecule has 0 heterocycles. The van der Waals surface area contributed by atoms with Gasteiger partial charge in [0, 0.05) is 18.7 Å².